The first-order valence-corrected chi connectivity index (χ1v) is 6.02. The van der Waals surface area contributed by atoms with Crippen LogP contribution in [-0.2, 0) is 11.3 Å². The highest BCUT2D eigenvalue weighted by molar-refractivity contribution is 5.78. The van der Waals surface area contributed by atoms with E-state index in [1.165, 1.54) is 0 Å². The maximum Gasteiger partial charge on any atom is 0.0897 e. The molecule has 1 heterocycles. The largest absolute Gasteiger partial charge is 0.389 e. The Morgan fingerprint density at radius 3 is 2.94 bits per heavy atom. The lowest BCUT2D eigenvalue weighted by Crippen LogP contribution is -2.29. The van der Waals surface area contributed by atoms with E-state index in [2.05, 4.69) is 16.4 Å². The Hall–Kier alpha value is -1.49. The van der Waals surface area contributed by atoms with Crippen molar-refractivity contribution in [1.29, 1.82) is 0 Å². The van der Waals surface area contributed by atoms with Crippen LogP contribution in [0.15, 0.2) is 36.4 Å². The zero-order valence-corrected chi connectivity index (χ0v) is 10.5. The first-order valence-electron chi connectivity index (χ1n) is 6.02. The normalized spacial score (nSPS) is 12.8. The summed E-state index contributed by atoms with van der Waals surface area (Å²) in [6.45, 7) is 1.49. The lowest BCUT2D eigenvalue weighted by atomic mass is 10.2. The van der Waals surface area contributed by atoms with Gasteiger partial charge in [-0.15, -0.1) is 0 Å². The van der Waals surface area contributed by atoms with Gasteiger partial charge in [-0.3, -0.25) is 4.98 Å². The lowest BCUT2D eigenvalue weighted by Gasteiger charge is -2.10. The molecular weight excluding hydrogens is 228 g/mol. The average Bonchev–Trinajstić information content (AvgIpc) is 2.39. The molecule has 0 aliphatic carbocycles. The Kier molecular flexibility index (Phi) is 4.64. The Balaban J connectivity index is 1.91. The predicted octanol–water partition coefficient (Wildman–Crippen LogP) is 1.33. The molecular formula is C14H18N2O2. The van der Waals surface area contributed by atoms with E-state index < -0.39 is 6.10 Å². The number of rotatable bonds is 6. The third-order valence-electron chi connectivity index (χ3n) is 2.70. The maximum absolute atomic E-state index is 9.49. The highest BCUT2D eigenvalue weighted by Gasteiger charge is 2.03. The Bertz CT molecular complexity index is 502. The van der Waals surface area contributed by atoms with E-state index in [4.69, 9.17) is 4.74 Å². The molecule has 2 rings (SSSR count). The molecule has 0 aliphatic heterocycles. The Morgan fingerprint density at radius 1 is 1.28 bits per heavy atom. The summed E-state index contributed by atoms with van der Waals surface area (Å²) in [5, 5.41) is 13.8. The van der Waals surface area contributed by atoms with E-state index in [0.717, 1.165) is 16.6 Å². The van der Waals surface area contributed by atoms with Crippen molar-refractivity contribution in [1.82, 2.24) is 10.3 Å². The number of para-hydroxylation sites is 1. The van der Waals surface area contributed by atoms with E-state index in [1.807, 2.05) is 30.3 Å². The summed E-state index contributed by atoms with van der Waals surface area (Å²) in [4.78, 5) is 4.54. The third-order valence-corrected chi connectivity index (χ3v) is 2.70. The van der Waals surface area contributed by atoms with Crippen molar-refractivity contribution < 1.29 is 9.84 Å². The number of ether oxygens (including phenoxy) is 1. The van der Waals surface area contributed by atoms with E-state index in [-0.39, 0.29) is 0 Å². The summed E-state index contributed by atoms with van der Waals surface area (Å²) in [5.74, 6) is 0. The average molecular weight is 246 g/mol. The molecule has 18 heavy (non-hydrogen) atoms. The minimum Gasteiger partial charge on any atom is -0.389 e. The predicted molar refractivity (Wildman–Crippen MR) is 71.3 cm³/mol. The smallest absolute Gasteiger partial charge is 0.0897 e. The standard InChI is InChI=1S/C14H18N2O2/c1-18-10-13(17)9-15-8-12-7-6-11-4-2-3-5-14(11)16-12/h2-7,13,15,17H,8-10H2,1H3. The molecule has 0 fully saturated rings. The van der Waals surface area contributed by atoms with Crippen LogP contribution in [-0.4, -0.2) is 36.5 Å². The summed E-state index contributed by atoms with van der Waals surface area (Å²) in [7, 11) is 1.58. The van der Waals surface area contributed by atoms with Gasteiger partial charge >= 0.3 is 0 Å². The Labute approximate surface area is 107 Å². The second kappa shape index (κ2) is 6.44. The van der Waals surface area contributed by atoms with E-state index in [0.29, 0.717) is 19.7 Å². The number of fused-ring (bicyclic) bond motifs is 1. The van der Waals surface area contributed by atoms with Gasteiger partial charge < -0.3 is 15.2 Å². The minimum atomic E-state index is -0.476. The molecule has 2 N–H and O–H groups in total. The van der Waals surface area contributed by atoms with E-state index in [1.54, 1.807) is 7.11 Å². The van der Waals surface area contributed by atoms with Crippen molar-refractivity contribution in [2.45, 2.75) is 12.6 Å². The zero-order valence-electron chi connectivity index (χ0n) is 10.5. The molecule has 0 radical (unpaired) electrons. The van der Waals surface area contributed by atoms with Crippen LogP contribution in [0.4, 0.5) is 0 Å². The van der Waals surface area contributed by atoms with Gasteiger partial charge in [0, 0.05) is 25.6 Å². The van der Waals surface area contributed by atoms with Crippen LogP contribution in [0.5, 0.6) is 0 Å². The van der Waals surface area contributed by atoms with Crippen molar-refractivity contribution in [3.63, 3.8) is 0 Å². The van der Waals surface area contributed by atoms with Crippen LogP contribution in [0, 0.1) is 0 Å². The molecule has 0 amide bonds. The van der Waals surface area contributed by atoms with Crippen LogP contribution in [0.2, 0.25) is 0 Å². The van der Waals surface area contributed by atoms with Gasteiger partial charge in [0.25, 0.3) is 0 Å². The maximum atomic E-state index is 9.49. The SMILES string of the molecule is COCC(O)CNCc1ccc2ccccc2n1. The minimum absolute atomic E-state index is 0.345. The number of benzene rings is 1. The molecule has 2 aromatic rings. The fourth-order valence-corrected chi connectivity index (χ4v) is 1.82. The highest BCUT2D eigenvalue weighted by Crippen LogP contribution is 2.11. The highest BCUT2D eigenvalue weighted by atomic mass is 16.5. The van der Waals surface area contributed by atoms with Gasteiger partial charge in [-0.2, -0.15) is 0 Å². The number of aromatic nitrogens is 1. The lowest BCUT2D eigenvalue weighted by molar-refractivity contribution is 0.0643. The summed E-state index contributed by atoms with van der Waals surface area (Å²) in [5.41, 5.74) is 1.97. The van der Waals surface area contributed by atoms with E-state index >= 15 is 0 Å². The molecule has 0 saturated heterocycles. The van der Waals surface area contributed by atoms with E-state index in [9.17, 15) is 5.11 Å². The first-order chi connectivity index (χ1) is 8.79. The first kappa shape index (κ1) is 13.0. The Morgan fingerprint density at radius 2 is 2.11 bits per heavy atom. The molecule has 1 aromatic heterocycles. The molecule has 96 valence electrons. The number of aliphatic hydroxyl groups is 1. The van der Waals surface area contributed by atoms with Gasteiger partial charge in [0.1, 0.15) is 0 Å². The second-order valence-electron chi connectivity index (χ2n) is 4.24. The van der Waals surface area contributed by atoms with Crippen LogP contribution in [0.3, 0.4) is 0 Å². The summed E-state index contributed by atoms with van der Waals surface area (Å²) >= 11 is 0. The van der Waals surface area contributed by atoms with Gasteiger partial charge in [0.15, 0.2) is 0 Å². The molecule has 0 spiro atoms. The van der Waals surface area contributed by atoms with Crippen LogP contribution in [0.1, 0.15) is 5.69 Å². The van der Waals surface area contributed by atoms with Gasteiger partial charge in [-0.25, -0.2) is 0 Å². The summed E-state index contributed by atoms with van der Waals surface area (Å²) in [6, 6.07) is 12.1. The van der Waals surface area contributed by atoms with Crippen LogP contribution >= 0.6 is 0 Å². The fourth-order valence-electron chi connectivity index (χ4n) is 1.82. The quantitative estimate of drug-likeness (QED) is 0.807. The van der Waals surface area contributed by atoms with Gasteiger partial charge in [0.05, 0.1) is 23.9 Å². The molecule has 0 bridgehead atoms. The van der Waals surface area contributed by atoms with Crippen LogP contribution in [0.25, 0.3) is 10.9 Å². The third kappa shape index (κ3) is 3.50. The summed E-state index contributed by atoms with van der Waals surface area (Å²) in [6.07, 6.45) is -0.476. The van der Waals surface area contributed by atoms with Crippen molar-refractivity contribution >= 4 is 10.9 Å². The van der Waals surface area contributed by atoms with Gasteiger partial charge in [0.2, 0.25) is 0 Å². The van der Waals surface area contributed by atoms with Gasteiger partial charge in [-0.05, 0) is 12.1 Å². The number of pyridine rings is 1. The number of hydrogen-bond acceptors (Lipinski definition) is 4. The molecule has 1 aromatic carbocycles. The number of nitrogens with zero attached hydrogens (tertiary/aromatic N) is 1. The molecule has 0 aliphatic rings. The molecule has 4 nitrogen and oxygen atoms in total. The zero-order chi connectivity index (χ0) is 12.8. The fraction of sp³-hybridized carbons (Fsp3) is 0.357. The number of methoxy groups -OCH3 is 1. The van der Waals surface area contributed by atoms with Gasteiger partial charge in [-0.1, -0.05) is 24.3 Å². The molecule has 4 heteroatoms. The van der Waals surface area contributed by atoms with Crippen molar-refractivity contribution in [3.05, 3.63) is 42.1 Å². The molecule has 1 atom stereocenters. The van der Waals surface area contributed by atoms with Crippen molar-refractivity contribution in [2.75, 3.05) is 20.3 Å². The molecule has 1 unspecified atom stereocenters. The topological polar surface area (TPSA) is 54.4 Å². The molecule has 0 saturated carbocycles. The van der Waals surface area contributed by atoms with Crippen molar-refractivity contribution in [3.8, 4) is 0 Å². The monoisotopic (exact) mass is 246 g/mol. The van der Waals surface area contributed by atoms with Crippen molar-refractivity contribution in [2.24, 2.45) is 0 Å². The number of nitrogens with one attached hydrogen (secondary N) is 1. The second-order valence-corrected chi connectivity index (χ2v) is 4.24. The number of aliphatic hydroxyl groups excluding tert-OH is 1. The number of hydrogen-bond donors (Lipinski definition) is 2. The van der Waals surface area contributed by atoms with Crippen LogP contribution < -0.4 is 5.32 Å². The summed E-state index contributed by atoms with van der Waals surface area (Å²) < 4.78 is 4.86.